The Balaban J connectivity index is 1.36. The van der Waals surface area contributed by atoms with Gasteiger partial charge in [0.1, 0.15) is 5.01 Å². The van der Waals surface area contributed by atoms with Crippen LogP contribution in [0.1, 0.15) is 35.0 Å². The Morgan fingerprint density at radius 2 is 2.03 bits per heavy atom. The lowest BCUT2D eigenvalue weighted by atomic mass is 9.88. The molecule has 0 aliphatic heterocycles. The van der Waals surface area contributed by atoms with E-state index in [-0.39, 0.29) is 0 Å². The molecule has 0 saturated heterocycles. The van der Waals surface area contributed by atoms with Gasteiger partial charge in [0.25, 0.3) is 0 Å². The summed E-state index contributed by atoms with van der Waals surface area (Å²) in [4.78, 5) is 6.36. The maximum atomic E-state index is 4.84. The molecule has 5 rings (SSSR count). The van der Waals surface area contributed by atoms with Crippen LogP contribution in [0, 0.1) is 12.8 Å². The van der Waals surface area contributed by atoms with Gasteiger partial charge in [0.2, 0.25) is 0 Å². The molecule has 0 radical (unpaired) electrons. The number of thiazole rings is 1. The zero-order valence-corrected chi connectivity index (χ0v) is 20.8. The van der Waals surface area contributed by atoms with Crippen LogP contribution in [0.25, 0.3) is 22.0 Å². The molecule has 32 heavy (non-hydrogen) atoms. The Bertz CT molecular complexity index is 1230. The lowest BCUT2D eigenvalue weighted by molar-refractivity contribution is 0.508. The van der Waals surface area contributed by atoms with Gasteiger partial charge < -0.3 is 0 Å². The van der Waals surface area contributed by atoms with Crippen molar-refractivity contribution in [1.82, 2.24) is 19.7 Å². The van der Waals surface area contributed by atoms with Crippen LogP contribution in [0.2, 0.25) is 0 Å². The highest BCUT2D eigenvalue weighted by molar-refractivity contribution is 7.98. The first-order valence-electron chi connectivity index (χ1n) is 10.9. The van der Waals surface area contributed by atoms with Crippen molar-refractivity contribution in [3.05, 3.63) is 69.4 Å². The monoisotopic (exact) mass is 478 g/mol. The summed E-state index contributed by atoms with van der Waals surface area (Å²) in [5.74, 6) is 2.52. The lowest BCUT2D eigenvalue weighted by Gasteiger charge is -2.19. The highest BCUT2D eigenvalue weighted by Crippen LogP contribution is 2.38. The van der Waals surface area contributed by atoms with E-state index in [1.165, 1.54) is 40.0 Å². The van der Waals surface area contributed by atoms with Crippen molar-refractivity contribution in [1.29, 1.82) is 0 Å². The quantitative estimate of drug-likeness (QED) is 0.211. The normalized spacial score (nSPS) is 15.6. The first-order chi connectivity index (χ1) is 15.6. The third-order valence-electron chi connectivity index (χ3n) is 5.87. The molecule has 1 unspecified atom stereocenters. The molecule has 0 N–H and O–H groups in total. The van der Waals surface area contributed by atoms with Crippen molar-refractivity contribution in [3.63, 3.8) is 0 Å². The lowest BCUT2D eigenvalue weighted by Crippen LogP contribution is -2.10. The number of fused-ring (bicyclic) bond motifs is 1. The number of benzene rings is 1. The first kappa shape index (κ1) is 21.6. The van der Waals surface area contributed by atoms with Crippen molar-refractivity contribution in [2.75, 3.05) is 0 Å². The van der Waals surface area contributed by atoms with Gasteiger partial charge in [-0.15, -0.1) is 39.4 Å². The fraction of sp³-hybridized carbons (Fsp3) is 0.320. The third-order valence-corrected chi connectivity index (χ3v) is 8.86. The number of allylic oxidation sites excluding steroid dienone is 1. The summed E-state index contributed by atoms with van der Waals surface area (Å²) in [6.45, 7) is 9.12. The van der Waals surface area contributed by atoms with E-state index in [1.54, 1.807) is 23.1 Å². The molecule has 0 amide bonds. The van der Waals surface area contributed by atoms with E-state index in [4.69, 9.17) is 4.98 Å². The van der Waals surface area contributed by atoms with Gasteiger partial charge in [-0.2, -0.15) is 0 Å². The van der Waals surface area contributed by atoms with Crippen LogP contribution < -0.4 is 0 Å². The smallest absolute Gasteiger partial charge is 0.192 e. The first-order valence-corrected chi connectivity index (χ1v) is 13.6. The van der Waals surface area contributed by atoms with Crippen LogP contribution in [-0.4, -0.2) is 19.7 Å². The van der Waals surface area contributed by atoms with Crippen molar-refractivity contribution in [2.24, 2.45) is 5.92 Å². The molecule has 164 valence electrons. The summed E-state index contributed by atoms with van der Waals surface area (Å²) in [6.07, 6.45) is 5.50. The number of thioether (sulfide) groups is 1. The van der Waals surface area contributed by atoms with Gasteiger partial charge in [-0.05, 0) is 37.7 Å². The minimum atomic E-state index is 0.706. The van der Waals surface area contributed by atoms with Crippen LogP contribution in [0.3, 0.4) is 0 Å². The molecule has 4 aromatic rings. The van der Waals surface area contributed by atoms with Crippen LogP contribution in [0.15, 0.2) is 52.8 Å². The van der Waals surface area contributed by atoms with Crippen LogP contribution in [-0.2, 0) is 25.1 Å². The van der Waals surface area contributed by atoms with Gasteiger partial charge in [0, 0.05) is 39.1 Å². The Hall–Kier alpha value is -2.22. The van der Waals surface area contributed by atoms with E-state index >= 15 is 0 Å². The largest absolute Gasteiger partial charge is 0.298 e. The van der Waals surface area contributed by atoms with Crippen molar-refractivity contribution >= 4 is 34.4 Å². The predicted octanol–water partition coefficient (Wildman–Crippen LogP) is 7.04. The predicted molar refractivity (Wildman–Crippen MR) is 137 cm³/mol. The summed E-state index contributed by atoms with van der Waals surface area (Å²) in [7, 11) is 0. The summed E-state index contributed by atoms with van der Waals surface area (Å²) >= 11 is 5.27. The molecule has 1 aliphatic carbocycles. The number of hydrogen-bond donors (Lipinski definition) is 0. The molecule has 4 nitrogen and oxygen atoms in total. The van der Waals surface area contributed by atoms with Crippen molar-refractivity contribution in [2.45, 2.75) is 50.6 Å². The average molecular weight is 479 g/mol. The molecule has 7 heteroatoms. The van der Waals surface area contributed by atoms with E-state index in [0.717, 1.165) is 39.8 Å². The second kappa shape index (κ2) is 9.33. The third kappa shape index (κ3) is 4.34. The van der Waals surface area contributed by atoms with E-state index in [0.29, 0.717) is 6.54 Å². The van der Waals surface area contributed by atoms with Gasteiger partial charge in [-0.1, -0.05) is 54.6 Å². The molecule has 1 aromatic carbocycles. The van der Waals surface area contributed by atoms with Crippen molar-refractivity contribution < 1.29 is 0 Å². The SMILES string of the molecule is C=CCn1c(SCc2csc(-c3ccc(C)cc3)n2)nnc1-c1csc2c1CCC(C)C2. The van der Waals surface area contributed by atoms with Gasteiger partial charge >= 0.3 is 0 Å². The Morgan fingerprint density at radius 1 is 1.19 bits per heavy atom. The summed E-state index contributed by atoms with van der Waals surface area (Å²) < 4.78 is 2.20. The number of aromatic nitrogens is 4. The van der Waals surface area contributed by atoms with Crippen LogP contribution in [0.5, 0.6) is 0 Å². The molecular weight excluding hydrogens is 453 g/mol. The van der Waals surface area contributed by atoms with E-state index in [2.05, 4.69) is 70.2 Å². The standard InChI is InChI=1S/C25H26N4S3/c1-4-11-29-23(21-15-30-22-12-17(3)7-10-20(21)22)27-28-25(29)32-14-19-13-31-24(26-19)18-8-5-16(2)6-9-18/h4-6,8-9,13,15,17H,1,7,10-12,14H2,2-3H3. The fourth-order valence-corrected chi connectivity index (χ4v) is 7.11. The minimum Gasteiger partial charge on any atom is -0.298 e. The molecule has 1 aliphatic rings. The highest BCUT2D eigenvalue weighted by Gasteiger charge is 2.24. The summed E-state index contributed by atoms with van der Waals surface area (Å²) in [6, 6.07) is 8.54. The zero-order valence-electron chi connectivity index (χ0n) is 18.4. The van der Waals surface area contributed by atoms with Gasteiger partial charge in [0.15, 0.2) is 11.0 Å². The molecular formula is C25H26N4S3. The molecule has 0 bridgehead atoms. The van der Waals surface area contributed by atoms with Gasteiger partial charge in [0.05, 0.1) is 5.69 Å². The molecule has 1 atom stereocenters. The van der Waals surface area contributed by atoms with Crippen LogP contribution in [0.4, 0.5) is 0 Å². The molecule has 0 fully saturated rings. The van der Waals surface area contributed by atoms with Crippen molar-refractivity contribution in [3.8, 4) is 22.0 Å². The summed E-state index contributed by atoms with van der Waals surface area (Å²) in [5.41, 5.74) is 6.25. The highest BCUT2D eigenvalue weighted by atomic mass is 32.2. The molecule has 0 spiro atoms. The average Bonchev–Trinajstić information content (AvgIpc) is 3.51. The number of thiophene rings is 1. The van der Waals surface area contributed by atoms with E-state index in [1.807, 2.05) is 17.4 Å². The zero-order chi connectivity index (χ0) is 22.1. The second-order valence-electron chi connectivity index (χ2n) is 8.40. The van der Waals surface area contributed by atoms with Crippen LogP contribution >= 0.6 is 34.4 Å². The van der Waals surface area contributed by atoms with Gasteiger partial charge in [-0.3, -0.25) is 4.57 Å². The number of hydrogen-bond acceptors (Lipinski definition) is 6. The Labute approximate surface area is 201 Å². The Morgan fingerprint density at radius 3 is 2.84 bits per heavy atom. The maximum absolute atomic E-state index is 4.84. The Kier molecular flexibility index (Phi) is 6.31. The molecule has 3 heterocycles. The van der Waals surface area contributed by atoms with E-state index < -0.39 is 0 Å². The summed E-state index contributed by atoms with van der Waals surface area (Å²) in [5, 5.41) is 15.6. The molecule has 0 saturated carbocycles. The fourth-order valence-electron chi connectivity index (χ4n) is 4.09. The van der Waals surface area contributed by atoms with E-state index in [9.17, 15) is 0 Å². The second-order valence-corrected chi connectivity index (χ2v) is 11.2. The van der Waals surface area contributed by atoms with Gasteiger partial charge in [-0.25, -0.2) is 4.98 Å². The number of aryl methyl sites for hydroxylation is 1. The topological polar surface area (TPSA) is 43.6 Å². The molecule has 3 aromatic heterocycles. The maximum Gasteiger partial charge on any atom is 0.192 e. The minimum absolute atomic E-state index is 0.706. The number of nitrogens with zero attached hydrogens (tertiary/aromatic N) is 4. The number of rotatable bonds is 7.